The highest BCUT2D eigenvalue weighted by Gasteiger charge is 2.22. The Hall–Kier alpha value is -3.45. The zero-order valence-corrected chi connectivity index (χ0v) is 22.6. The number of para-hydroxylation sites is 1. The van der Waals surface area contributed by atoms with Crippen molar-refractivity contribution in [3.8, 4) is 0 Å². The summed E-state index contributed by atoms with van der Waals surface area (Å²) in [5.74, 6) is 0.241. The lowest BCUT2D eigenvalue weighted by Crippen LogP contribution is -2.35. The van der Waals surface area contributed by atoms with Gasteiger partial charge >= 0.3 is 0 Å². The van der Waals surface area contributed by atoms with E-state index >= 15 is 0 Å². The normalized spacial score (nSPS) is 14.7. The first-order chi connectivity index (χ1) is 18.1. The molecule has 3 aromatic rings. The zero-order chi connectivity index (χ0) is 27.7. The van der Waals surface area contributed by atoms with E-state index in [9.17, 15) is 13.2 Å². The molecule has 4 nitrogen and oxygen atoms in total. The highest BCUT2D eigenvalue weighted by molar-refractivity contribution is 6.02. The largest absolute Gasteiger partial charge is 0.355 e. The molecule has 0 atom stereocenters. The van der Waals surface area contributed by atoms with E-state index in [0.717, 1.165) is 56.3 Å². The van der Waals surface area contributed by atoms with Crippen molar-refractivity contribution < 1.29 is 13.2 Å². The summed E-state index contributed by atoms with van der Waals surface area (Å²) in [6, 6.07) is 20.9. The quantitative estimate of drug-likeness (QED) is 0.306. The van der Waals surface area contributed by atoms with Crippen LogP contribution in [0.4, 0.5) is 30.2 Å². The zero-order valence-electron chi connectivity index (χ0n) is 22.6. The van der Waals surface area contributed by atoms with Crippen LogP contribution in [0.25, 0.3) is 0 Å². The van der Waals surface area contributed by atoms with Crippen LogP contribution in [-0.4, -0.2) is 35.8 Å². The Kier molecular flexibility index (Phi) is 10.7. The Labute approximate surface area is 224 Å². The van der Waals surface area contributed by atoms with E-state index in [1.165, 1.54) is 29.0 Å². The molecule has 1 fully saturated rings. The van der Waals surface area contributed by atoms with Gasteiger partial charge < -0.3 is 10.7 Å². The number of piperidine rings is 1. The van der Waals surface area contributed by atoms with Crippen LogP contribution in [0.15, 0.2) is 71.7 Å². The molecule has 0 unspecified atom stereocenters. The van der Waals surface area contributed by atoms with Crippen molar-refractivity contribution in [1.29, 1.82) is 5.41 Å². The maximum absolute atomic E-state index is 13.6. The van der Waals surface area contributed by atoms with E-state index in [4.69, 9.17) is 10.4 Å². The number of rotatable bonds is 7. The summed E-state index contributed by atoms with van der Waals surface area (Å²) in [6.07, 6.45) is 0.0494. The number of halogens is 3. The summed E-state index contributed by atoms with van der Waals surface area (Å²) in [5.41, 5.74) is 7.54. The van der Waals surface area contributed by atoms with Gasteiger partial charge in [-0.3, -0.25) is 9.89 Å². The summed E-state index contributed by atoms with van der Waals surface area (Å²) >= 11 is 0. The van der Waals surface area contributed by atoms with Gasteiger partial charge in [-0.15, -0.1) is 0 Å². The van der Waals surface area contributed by atoms with Crippen LogP contribution in [0, 0.1) is 24.1 Å². The van der Waals surface area contributed by atoms with Crippen LogP contribution >= 0.6 is 0 Å². The van der Waals surface area contributed by atoms with Crippen molar-refractivity contribution >= 4 is 28.5 Å². The first-order valence-electron chi connectivity index (χ1n) is 12.9. The van der Waals surface area contributed by atoms with Crippen LogP contribution in [0.2, 0.25) is 0 Å². The third-order valence-corrected chi connectivity index (χ3v) is 6.59. The van der Waals surface area contributed by atoms with E-state index in [-0.39, 0.29) is 5.82 Å². The number of aliphatic imine (C=N–C) groups is 1. The van der Waals surface area contributed by atoms with E-state index in [1.807, 2.05) is 18.2 Å². The van der Waals surface area contributed by atoms with Gasteiger partial charge in [0, 0.05) is 34.9 Å². The first kappa shape index (κ1) is 29.1. The molecule has 0 amide bonds. The van der Waals surface area contributed by atoms with E-state index in [0.29, 0.717) is 17.3 Å². The van der Waals surface area contributed by atoms with Crippen LogP contribution < -0.4 is 5.32 Å². The second kappa shape index (κ2) is 13.9. The van der Waals surface area contributed by atoms with E-state index in [1.54, 1.807) is 13.0 Å². The predicted molar refractivity (Wildman–Crippen MR) is 152 cm³/mol. The molecule has 1 aliphatic rings. The summed E-state index contributed by atoms with van der Waals surface area (Å²) in [5, 5.41) is 11.5. The molecule has 7 heteroatoms. The highest BCUT2D eigenvalue weighted by atomic mass is 19.3. The Balaban J connectivity index is 0.000000934. The van der Waals surface area contributed by atoms with Crippen molar-refractivity contribution in [2.75, 3.05) is 18.4 Å². The topological polar surface area (TPSA) is 51.5 Å². The van der Waals surface area contributed by atoms with Gasteiger partial charge in [0.05, 0.1) is 5.69 Å². The van der Waals surface area contributed by atoms with Gasteiger partial charge in [-0.05, 0) is 107 Å². The lowest BCUT2D eigenvalue weighted by Gasteiger charge is -2.32. The third kappa shape index (κ3) is 8.84. The Morgan fingerprint density at radius 3 is 2.34 bits per heavy atom. The van der Waals surface area contributed by atoms with Crippen molar-refractivity contribution in [2.24, 2.45) is 10.9 Å². The van der Waals surface area contributed by atoms with Gasteiger partial charge in [-0.1, -0.05) is 30.3 Å². The van der Waals surface area contributed by atoms with Crippen molar-refractivity contribution in [3.63, 3.8) is 0 Å². The molecule has 1 saturated heterocycles. The Morgan fingerprint density at radius 1 is 1.03 bits per heavy atom. The van der Waals surface area contributed by atoms with Gasteiger partial charge in [-0.2, -0.15) is 0 Å². The molecular formula is C31H37F3N4. The Bertz CT molecular complexity index is 1240. The average Bonchev–Trinajstić information content (AvgIpc) is 2.86. The van der Waals surface area contributed by atoms with Gasteiger partial charge in [-0.25, -0.2) is 13.2 Å². The molecule has 0 saturated carbocycles. The minimum absolute atomic E-state index is 0.280. The van der Waals surface area contributed by atoms with Crippen molar-refractivity contribution in [2.45, 2.75) is 53.5 Å². The average molecular weight is 523 g/mol. The number of aryl methyl sites for hydroxylation is 1. The minimum atomic E-state index is -2.17. The minimum Gasteiger partial charge on any atom is -0.355 e. The van der Waals surface area contributed by atoms with E-state index < -0.39 is 6.43 Å². The third-order valence-electron chi connectivity index (χ3n) is 6.59. The fourth-order valence-corrected chi connectivity index (χ4v) is 4.57. The van der Waals surface area contributed by atoms with Crippen molar-refractivity contribution in [1.82, 2.24) is 4.90 Å². The lowest BCUT2D eigenvalue weighted by atomic mass is 9.92. The summed E-state index contributed by atoms with van der Waals surface area (Å²) in [4.78, 5) is 7.40. The molecule has 38 heavy (non-hydrogen) atoms. The van der Waals surface area contributed by atoms with E-state index in [2.05, 4.69) is 54.4 Å². The molecule has 0 bridgehead atoms. The molecule has 0 spiro atoms. The van der Waals surface area contributed by atoms with Gasteiger partial charge in [0.1, 0.15) is 5.82 Å². The van der Waals surface area contributed by atoms with Crippen LogP contribution in [-0.2, 0) is 6.54 Å². The molecule has 2 N–H and O–H groups in total. The molecule has 0 aromatic heterocycles. The fraction of sp³-hybridized carbons (Fsp3) is 0.355. The number of anilines is 2. The maximum atomic E-state index is 13.6. The molecule has 202 valence electrons. The molecule has 0 radical (unpaired) electrons. The molecular weight excluding hydrogens is 485 g/mol. The second-order valence-corrected chi connectivity index (χ2v) is 9.75. The maximum Gasteiger partial charge on any atom is 0.235 e. The van der Waals surface area contributed by atoms with Gasteiger partial charge in [0.2, 0.25) is 6.43 Å². The van der Waals surface area contributed by atoms with Gasteiger partial charge in [0.25, 0.3) is 0 Å². The molecule has 3 aromatic carbocycles. The molecule has 0 aliphatic carbocycles. The number of alkyl halides is 2. The molecule has 1 heterocycles. The highest BCUT2D eigenvalue weighted by Crippen LogP contribution is 2.27. The van der Waals surface area contributed by atoms with Crippen LogP contribution in [0.5, 0.6) is 0 Å². The number of nitrogens with one attached hydrogen (secondary N) is 2. The Morgan fingerprint density at radius 2 is 1.71 bits per heavy atom. The smallest absolute Gasteiger partial charge is 0.235 e. The summed E-state index contributed by atoms with van der Waals surface area (Å²) in [7, 11) is 0. The van der Waals surface area contributed by atoms with Gasteiger partial charge in [0.15, 0.2) is 0 Å². The number of benzene rings is 3. The SMILES string of the molecule is CC(=N)c1cc(CN2CCC(C(C)=Nc3ccccc3C)CC2)ccc1Nc1cccc(F)c1.CC(F)F. The number of likely N-dealkylation sites (tertiary alicyclic amines) is 1. The monoisotopic (exact) mass is 522 g/mol. The fourth-order valence-electron chi connectivity index (χ4n) is 4.57. The molecule has 1 aliphatic heterocycles. The lowest BCUT2D eigenvalue weighted by molar-refractivity contribution is 0.171. The standard InChI is InChI=1S/C29H33FN4.C2H4F2/c1-20-7-4-5-10-28(20)32-22(3)24-13-15-34(16-14-24)19-23-11-12-29(27(17-23)21(2)31)33-26-9-6-8-25(30)18-26;1-2(3)4/h4-12,17-18,24,31,33H,13-16,19H2,1-3H3;2H,1H3. The molecule has 4 rings (SSSR count). The summed E-state index contributed by atoms with van der Waals surface area (Å²) in [6.45, 7) is 9.83. The second-order valence-electron chi connectivity index (χ2n) is 9.75. The first-order valence-corrected chi connectivity index (χ1v) is 12.9. The number of hydrogen-bond donors (Lipinski definition) is 2. The predicted octanol–water partition coefficient (Wildman–Crippen LogP) is 8.54. The van der Waals surface area contributed by atoms with Crippen LogP contribution in [0.1, 0.15) is 50.3 Å². The number of nitrogens with zero attached hydrogens (tertiary/aromatic N) is 2. The number of hydrogen-bond acceptors (Lipinski definition) is 4. The summed E-state index contributed by atoms with van der Waals surface area (Å²) < 4.78 is 34.2. The van der Waals surface area contributed by atoms with Crippen molar-refractivity contribution in [3.05, 3.63) is 89.2 Å². The van der Waals surface area contributed by atoms with Crippen LogP contribution in [0.3, 0.4) is 0 Å².